The van der Waals surface area contributed by atoms with Gasteiger partial charge in [0.2, 0.25) is 0 Å². The van der Waals surface area contributed by atoms with Gasteiger partial charge in [-0.2, -0.15) is 11.8 Å². The van der Waals surface area contributed by atoms with Crippen LogP contribution in [0.25, 0.3) is 0 Å². The highest BCUT2D eigenvalue weighted by Crippen LogP contribution is 2.38. The molecule has 0 aromatic carbocycles. The summed E-state index contributed by atoms with van der Waals surface area (Å²) in [7, 11) is 2.05. The lowest BCUT2D eigenvalue weighted by atomic mass is 9.78. The van der Waals surface area contributed by atoms with Crippen LogP contribution in [-0.2, 0) is 6.42 Å². The van der Waals surface area contributed by atoms with E-state index in [9.17, 15) is 4.79 Å². The molecule has 0 N–H and O–H groups in total. The Morgan fingerprint density at radius 2 is 2.17 bits per heavy atom. The van der Waals surface area contributed by atoms with Gasteiger partial charge in [-0.1, -0.05) is 25.2 Å². The maximum Gasteiger partial charge on any atom is 0.185 e. The van der Waals surface area contributed by atoms with Gasteiger partial charge in [0.15, 0.2) is 10.9 Å². The number of Topliss-reactive ketones (excluding diaryl/α,β-unsaturated/α-hetero) is 1. The summed E-state index contributed by atoms with van der Waals surface area (Å²) in [6.07, 6.45) is 3.67. The third-order valence-corrected chi connectivity index (χ3v) is 5.03. The number of thiazole rings is 1. The Morgan fingerprint density at radius 1 is 1.44 bits per heavy atom. The van der Waals surface area contributed by atoms with Crippen LogP contribution in [0.4, 0.5) is 5.13 Å². The normalized spacial score (nSPS) is 17.7. The van der Waals surface area contributed by atoms with Crippen molar-refractivity contribution in [2.24, 2.45) is 5.41 Å². The quantitative estimate of drug-likeness (QED) is 0.850. The monoisotopic (exact) mass is 284 g/mol. The van der Waals surface area contributed by atoms with Crippen molar-refractivity contribution in [2.75, 3.05) is 30.5 Å². The van der Waals surface area contributed by atoms with Crippen molar-refractivity contribution in [3.05, 3.63) is 10.6 Å². The van der Waals surface area contributed by atoms with Gasteiger partial charge in [0.25, 0.3) is 0 Å². The van der Waals surface area contributed by atoms with Gasteiger partial charge in [0.1, 0.15) is 0 Å². The highest BCUT2D eigenvalue weighted by Gasteiger charge is 2.34. The van der Waals surface area contributed by atoms with E-state index >= 15 is 0 Å². The van der Waals surface area contributed by atoms with Gasteiger partial charge < -0.3 is 4.90 Å². The first-order chi connectivity index (χ1) is 8.43. The predicted octanol–water partition coefficient (Wildman–Crippen LogP) is 3.10. The molecule has 0 atom stereocenters. The van der Waals surface area contributed by atoms with E-state index in [1.54, 1.807) is 11.3 Å². The molecular weight excluding hydrogens is 264 g/mol. The number of hydrogen-bond donors (Lipinski definition) is 0. The lowest BCUT2D eigenvalue weighted by Gasteiger charge is -2.26. The molecule has 1 aliphatic carbocycles. The fourth-order valence-electron chi connectivity index (χ4n) is 2.19. The second-order valence-electron chi connectivity index (χ2n) is 5.63. The van der Waals surface area contributed by atoms with Crippen molar-refractivity contribution in [2.45, 2.75) is 26.7 Å². The molecule has 1 aliphatic rings. The molecule has 0 radical (unpaired) electrons. The summed E-state index contributed by atoms with van der Waals surface area (Å²) in [6.45, 7) is 5.26. The number of thioether (sulfide) groups is 1. The first kappa shape index (κ1) is 13.9. The minimum absolute atomic E-state index is 0.0628. The van der Waals surface area contributed by atoms with Gasteiger partial charge >= 0.3 is 0 Å². The summed E-state index contributed by atoms with van der Waals surface area (Å²) in [5.74, 6) is 1.35. The third kappa shape index (κ3) is 2.88. The van der Waals surface area contributed by atoms with Gasteiger partial charge in [-0.3, -0.25) is 4.79 Å². The van der Waals surface area contributed by atoms with Gasteiger partial charge in [0.05, 0.1) is 10.6 Å². The van der Waals surface area contributed by atoms with Crippen molar-refractivity contribution >= 4 is 34.0 Å². The van der Waals surface area contributed by atoms with E-state index in [0.717, 1.165) is 34.4 Å². The van der Waals surface area contributed by atoms with Gasteiger partial charge in [-0.15, -0.1) is 0 Å². The van der Waals surface area contributed by atoms with E-state index in [1.165, 1.54) is 0 Å². The second-order valence-corrected chi connectivity index (χ2v) is 7.59. The number of nitrogens with zero attached hydrogens (tertiary/aromatic N) is 2. The predicted molar refractivity (Wildman–Crippen MR) is 80.2 cm³/mol. The number of aromatic nitrogens is 1. The number of hydrogen-bond acceptors (Lipinski definition) is 5. The van der Waals surface area contributed by atoms with Crippen LogP contribution in [0.15, 0.2) is 0 Å². The SMILES string of the molecule is CSCCN(C)c1nc2c(s1)C(=O)CC(C)(C)C2. The molecule has 1 heterocycles. The molecule has 0 amide bonds. The molecule has 100 valence electrons. The highest BCUT2D eigenvalue weighted by atomic mass is 32.2. The first-order valence-corrected chi connectivity index (χ1v) is 8.37. The molecule has 0 bridgehead atoms. The van der Waals surface area contributed by atoms with Gasteiger partial charge in [-0.05, 0) is 18.1 Å². The summed E-state index contributed by atoms with van der Waals surface area (Å²) in [5.41, 5.74) is 1.07. The van der Waals surface area contributed by atoms with Crippen LogP contribution in [0.1, 0.15) is 35.6 Å². The number of carbonyl (C=O) groups is 1. The van der Waals surface area contributed by atoms with Crippen LogP contribution in [0.2, 0.25) is 0 Å². The average molecular weight is 284 g/mol. The first-order valence-electron chi connectivity index (χ1n) is 6.16. The molecule has 2 rings (SSSR count). The van der Waals surface area contributed by atoms with E-state index < -0.39 is 0 Å². The topological polar surface area (TPSA) is 33.2 Å². The molecule has 0 aliphatic heterocycles. The standard InChI is InChI=1S/C13H20N2OS2/c1-13(2)7-9-11(10(16)8-13)18-12(14-9)15(3)5-6-17-4/h5-8H2,1-4H3. The maximum absolute atomic E-state index is 12.1. The number of ketones is 1. The zero-order chi connectivity index (χ0) is 13.3. The zero-order valence-corrected chi connectivity index (χ0v) is 13.1. The summed E-state index contributed by atoms with van der Waals surface area (Å²) >= 11 is 3.39. The molecule has 0 saturated carbocycles. The Hall–Kier alpha value is -0.550. The minimum atomic E-state index is 0.0628. The average Bonchev–Trinajstić information content (AvgIpc) is 2.68. The van der Waals surface area contributed by atoms with E-state index in [0.29, 0.717) is 6.42 Å². The molecule has 0 fully saturated rings. The molecule has 0 spiro atoms. The van der Waals surface area contributed by atoms with Crippen molar-refractivity contribution in [1.29, 1.82) is 0 Å². The minimum Gasteiger partial charge on any atom is -0.350 e. The van der Waals surface area contributed by atoms with E-state index in [-0.39, 0.29) is 11.2 Å². The summed E-state index contributed by atoms with van der Waals surface area (Å²) in [4.78, 5) is 19.8. The van der Waals surface area contributed by atoms with Crippen LogP contribution in [-0.4, -0.2) is 36.4 Å². The molecular formula is C13H20N2OS2. The Balaban J connectivity index is 2.21. The molecule has 5 heteroatoms. The number of carbonyl (C=O) groups excluding carboxylic acids is 1. The summed E-state index contributed by atoms with van der Waals surface area (Å²) in [5, 5.41) is 0.986. The van der Waals surface area contributed by atoms with Crippen molar-refractivity contribution < 1.29 is 4.79 Å². The van der Waals surface area contributed by atoms with E-state index in [1.807, 2.05) is 11.8 Å². The van der Waals surface area contributed by atoms with Crippen LogP contribution in [0.5, 0.6) is 0 Å². The molecule has 1 aromatic heterocycles. The molecule has 1 aromatic rings. The molecule has 18 heavy (non-hydrogen) atoms. The lowest BCUT2D eigenvalue weighted by molar-refractivity contribution is 0.0916. The Labute approximate surface area is 117 Å². The smallest absolute Gasteiger partial charge is 0.185 e. The van der Waals surface area contributed by atoms with Crippen molar-refractivity contribution in [3.63, 3.8) is 0 Å². The number of fused-ring (bicyclic) bond motifs is 1. The van der Waals surface area contributed by atoms with Crippen LogP contribution in [0.3, 0.4) is 0 Å². The van der Waals surface area contributed by atoms with E-state index in [2.05, 4.69) is 37.0 Å². The van der Waals surface area contributed by atoms with Crippen molar-refractivity contribution in [1.82, 2.24) is 4.98 Å². The fraction of sp³-hybridized carbons (Fsp3) is 0.692. The molecule has 0 unspecified atom stereocenters. The summed E-state index contributed by atoms with van der Waals surface area (Å²) in [6, 6.07) is 0. The largest absolute Gasteiger partial charge is 0.350 e. The number of rotatable bonds is 4. The summed E-state index contributed by atoms with van der Waals surface area (Å²) < 4.78 is 0. The molecule has 0 saturated heterocycles. The second kappa shape index (κ2) is 5.21. The van der Waals surface area contributed by atoms with Crippen LogP contribution < -0.4 is 4.90 Å². The van der Waals surface area contributed by atoms with Gasteiger partial charge in [-0.25, -0.2) is 4.98 Å². The third-order valence-electron chi connectivity index (χ3n) is 3.18. The zero-order valence-electron chi connectivity index (χ0n) is 11.4. The Morgan fingerprint density at radius 3 is 2.83 bits per heavy atom. The van der Waals surface area contributed by atoms with Crippen LogP contribution in [0, 0.1) is 5.41 Å². The van der Waals surface area contributed by atoms with Gasteiger partial charge in [0, 0.05) is 25.8 Å². The van der Waals surface area contributed by atoms with E-state index in [4.69, 9.17) is 0 Å². The Bertz CT molecular complexity index is 454. The van der Waals surface area contributed by atoms with Crippen molar-refractivity contribution in [3.8, 4) is 0 Å². The highest BCUT2D eigenvalue weighted by molar-refractivity contribution is 7.98. The number of anilines is 1. The Kier molecular flexibility index (Phi) is 4.02. The molecule has 3 nitrogen and oxygen atoms in total. The maximum atomic E-state index is 12.1. The fourth-order valence-corrected chi connectivity index (χ4v) is 3.66. The lowest BCUT2D eigenvalue weighted by Crippen LogP contribution is -2.26. The van der Waals surface area contributed by atoms with Crippen LogP contribution >= 0.6 is 23.1 Å².